The average Bonchev–Trinajstić information content (AvgIpc) is 3.59. The molecule has 4 aliphatic rings. The van der Waals surface area contributed by atoms with Crippen LogP contribution in [0.4, 0.5) is 0 Å². The first-order valence-corrected chi connectivity index (χ1v) is 14.1. The van der Waals surface area contributed by atoms with E-state index in [0.29, 0.717) is 3.63 Å². The van der Waals surface area contributed by atoms with Crippen LogP contribution in [0.15, 0.2) is 87.6 Å². The Balaban J connectivity index is 0.000000218. The molecule has 2 aromatic rings. The smallest absolute Gasteiger partial charge is 1.00 e. The van der Waals surface area contributed by atoms with Crippen LogP contribution in [0.5, 0.6) is 0 Å². The van der Waals surface area contributed by atoms with Crippen LogP contribution in [0, 0.1) is 0 Å². The van der Waals surface area contributed by atoms with Crippen molar-refractivity contribution >= 4 is 11.8 Å². The summed E-state index contributed by atoms with van der Waals surface area (Å²) in [5.74, 6) is 0. The molecular formula is C32H34Cl2NZr. The molecule has 4 heteroatoms. The number of hydrogen-bond donors (Lipinski definition) is 0. The van der Waals surface area contributed by atoms with Gasteiger partial charge in [0.25, 0.3) is 0 Å². The number of aliphatic imine (C=N–C) groups is 1. The molecule has 0 saturated carbocycles. The predicted molar refractivity (Wildman–Crippen MR) is 142 cm³/mol. The molecule has 1 atom stereocenters. The first kappa shape index (κ1) is 29.1. The molecule has 36 heavy (non-hydrogen) atoms. The van der Waals surface area contributed by atoms with Crippen LogP contribution in [0.3, 0.4) is 0 Å². The van der Waals surface area contributed by atoms with Crippen molar-refractivity contribution in [1.29, 1.82) is 0 Å². The van der Waals surface area contributed by atoms with E-state index in [9.17, 15) is 0 Å². The normalized spacial score (nSPS) is 18.7. The third-order valence-corrected chi connectivity index (χ3v) is 9.32. The second-order valence-corrected chi connectivity index (χ2v) is 12.1. The van der Waals surface area contributed by atoms with Gasteiger partial charge in [-0.25, -0.2) is 0 Å². The van der Waals surface area contributed by atoms with Gasteiger partial charge in [0.15, 0.2) is 0 Å². The summed E-state index contributed by atoms with van der Waals surface area (Å²) >= 11 is 1.60. The van der Waals surface area contributed by atoms with Crippen molar-refractivity contribution in [3.8, 4) is 11.1 Å². The van der Waals surface area contributed by atoms with Gasteiger partial charge in [-0.3, -0.25) is 4.99 Å². The molecule has 0 fully saturated rings. The Morgan fingerprint density at radius 1 is 0.917 bits per heavy atom. The van der Waals surface area contributed by atoms with E-state index in [2.05, 4.69) is 94.2 Å². The topological polar surface area (TPSA) is 12.4 Å². The monoisotopic (exact) mass is 592 g/mol. The first-order chi connectivity index (χ1) is 16.3. The quantitative estimate of drug-likeness (QED) is 0.519. The molecule has 0 aromatic heterocycles. The van der Waals surface area contributed by atoms with Crippen LogP contribution in [0.2, 0.25) is 0 Å². The molecule has 2 aromatic carbocycles. The summed E-state index contributed by atoms with van der Waals surface area (Å²) in [6.07, 6.45) is 11.4. The number of halogens is 2. The summed E-state index contributed by atoms with van der Waals surface area (Å²) in [4.78, 5) is 4.40. The van der Waals surface area contributed by atoms with Crippen molar-refractivity contribution < 1.29 is 49.5 Å². The van der Waals surface area contributed by atoms with Gasteiger partial charge in [0, 0.05) is 11.8 Å². The summed E-state index contributed by atoms with van der Waals surface area (Å²) in [5, 5.41) is 0. The zero-order valence-corrected chi connectivity index (χ0v) is 25.9. The first-order valence-electron chi connectivity index (χ1n) is 12.7. The van der Waals surface area contributed by atoms with Gasteiger partial charge >= 0.3 is 150 Å². The van der Waals surface area contributed by atoms with E-state index in [1.165, 1.54) is 63.9 Å². The standard InChI is InChI=1S/C21H23.C11H11N.2ClH.Zr/c1-5-15-13-17-7-6-8-19(20(17)14-15)16-9-11-18(12-10-16)21(2,3)4;1-2-7-8-3-4-9(7)11-10(8)5-6-12-11;;;/h6-14H,5H2,1-4H3;5-6H,2-4H2,1H3;2*1H;/q;;;;+2/p-2. The summed E-state index contributed by atoms with van der Waals surface area (Å²) in [6.45, 7) is 11.3. The Morgan fingerprint density at radius 2 is 1.61 bits per heavy atom. The molecule has 0 radical (unpaired) electrons. The third-order valence-electron chi connectivity index (χ3n) is 7.64. The fourth-order valence-corrected chi connectivity index (χ4v) is 7.04. The van der Waals surface area contributed by atoms with Crippen molar-refractivity contribution in [2.45, 2.75) is 69.3 Å². The zero-order valence-electron chi connectivity index (χ0n) is 21.9. The minimum absolute atomic E-state index is 0. The Hall–Kier alpha value is -1.47. The second kappa shape index (κ2) is 11.5. The van der Waals surface area contributed by atoms with Gasteiger partial charge in [-0.05, 0) is 42.1 Å². The summed E-state index contributed by atoms with van der Waals surface area (Å²) in [5.41, 5.74) is 16.3. The number of benzene rings is 2. The van der Waals surface area contributed by atoms with Crippen molar-refractivity contribution in [2.24, 2.45) is 4.99 Å². The molecule has 1 unspecified atom stereocenters. The maximum Gasteiger partial charge on any atom is -1.00 e. The maximum atomic E-state index is 4.40. The molecule has 2 bridgehead atoms. The van der Waals surface area contributed by atoms with Gasteiger partial charge in [-0.1, -0.05) is 6.92 Å². The van der Waals surface area contributed by atoms with E-state index in [1.807, 2.05) is 6.20 Å². The number of hydrogen-bond acceptors (Lipinski definition) is 1. The summed E-state index contributed by atoms with van der Waals surface area (Å²) in [7, 11) is 0. The molecule has 0 spiro atoms. The summed E-state index contributed by atoms with van der Waals surface area (Å²) < 4.78 is 0.654. The van der Waals surface area contributed by atoms with Crippen molar-refractivity contribution in [2.75, 3.05) is 0 Å². The fourth-order valence-electron chi connectivity index (χ4n) is 5.71. The molecule has 0 N–H and O–H groups in total. The molecule has 0 amide bonds. The van der Waals surface area contributed by atoms with E-state index >= 15 is 0 Å². The Morgan fingerprint density at radius 3 is 2.22 bits per heavy atom. The minimum atomic E-state index is 0. The van der Waals surface area contributed by atoms with Crippen LogP contribution in [0.25, 0.3) is 17.2 Å². The predicted octanol–water partition coefficient (Wildman–Crippen LogP) is 2.82. The largest absolute Gasteiger partial charge is 1.00 e. The van der Waals surface area contributed by atoms with Gasteiger partial charge in [0.2, 0.25) is 0 Å². The van der Waals surface area contributed by atoms with Crippen LogP contribution in [-0.4, -0.2) is 5.71 Å². The van der Waals surface area contributed by atoms with Gasteiger partial charge in [0.05, 0.1) is 5.71 Å². The van der Waals surface area contributed by atoms with E-state index in [4.69, 9.17) is 0 Å². The average molecular weight is 595 g/mol. The van der Waals surface area contributed by atoms with E-state index in [0.717, 1.165) is 6.42 Å². The number of nitrogens with zero attached hydrogens (tertiary/aromatic N) is 1. The zero-order chi connectivity index (χ0) is 24.0. The molecule has 1 aliphatic heterocycles. The van der Waals surface area contributed by atoms with Gasteiger partial charge in [-0.2, -0.15) is 0 Å². The van der Waals surface area contributed by atoms with Gasteiger partial charge < -0.3 is 24.8 Å². The van der Waals surface area contributed by atoms with Crippen LogP contribution < -0.4 is 24.8 Å². The molecule has 1 nitrogen and oxygen atoms in total. The molecule has 6 rings (SSSR count). The van der Waals surface area contributed by atoms with E-state index in [-0.39, 0.29) is 30.2 Å². The van der Waals surface area contributed by atoms with Crippen LogP contribution >= 0.6 is 0 Å². The Labute approximate surface area is 244 Å². The molecular weight excluding hydrogens is 560 g/mol. The Kier molecular flexibility index (Phi) is 9.30. The SMILES string of the molecule is CCC1=C2CCC1=C1C=CN=C12.CCC1=Cc2c(-c3ccc(C(C)(C)C)cc3)cccc2[CH]1[Zr+2].[Cl-].[Cl-]. The second-order valence-electron chi connectivity index (χ2n) is 10.6. The maximum absolute atomic E-state index is 4.40. The molecule has 1 heterocycles. The van der Waals surface area contributed by atoms with E-state index in [1.54, 1.807) is 41.4 Å². The number of fused-ring (bicyclic) bond motifs is 4. The van der Waals surface area contributed by atoms with Gasteiger partial charge in [0.1, 0.15) is 0 Å². The third kappa shape index (κ3) is 5.11. The van der Waals surface area contributed by atoms with Crippen LogP contribution in [-0.2, 0) is 30.1 Å². The fraction of sp³-hybridized carbons (Fsp3) is 0.344. The van der Waals surface area contributed by atoms with Gasteiger partial charge in [-0.15, -0.1) is 0 Å². The summed E-state index contributed by atoms with van der Waals surface area (Å²) in [6, 6.07) is 15.9. The minimum Gasteiger partial charge on any atom is -1.00 e. The number of allylic oxidation sites excluding steroid dienone is 6. The van der Waals surface area contributed by atoms with Crippen molar-refractivity contribution in [3.63, 3.8) is 0 Å². The molecule has 0 saturated heterocycles. The van der Waals surface area contributed by atoms with Crippen molar-refractivity contribution in [1.82, 2.24) is 0 Å². The number of rotatable bonds is 3. The molecule has 185 valence electrons. The van der Waals surface area contributed by atoms with Crippen LogP contribution in [0.1, 0.15) is 80.6 Å². The Bertz CT molecular complexity index is 1300. The van der Waals surface area contributed by atoms with Crippen molar-refractivity contribution in [3.05, 3.63) is 99.3 Å². The molecule has 3 aliphatic carbocycles. The van der Waals surface area contributed by atoms with E-state index < -0.39 is 0 Å².